The van der Waals surface area contributed by atoms with E-state index in [1.807, 2.05) is 9.36 Å². The van der Waals surface area contributed by atoms with Gasteiger partial charge in [-0.25, -0.2) is 5.43 Å². The van der Waals surface area contributed by atoms with Crippen molar-refractivity contribution in [2.24, 2.45) is 5.84 Å². The van der Waals surface area contributed by atoms with Crippen LogP contribution in [-0.4, -0.2) is 19.6 Å². The summed E-state index contributed by atoms with van der Waals surface area (Å²) in [6.07, 6.45) is 3.54. The van der Waals surface area contributed by atoms with Gasteiger partial charge >= 0.3 is 0 Å². The van der Waals surface area contributed by atoms with E-state index >= 15 is 0 Å². The zero-order valence-electron chi connectivity index (χ0n) is 12.8. The molecule has 0 radical (unpaired) electrons. The molecule has 2 aromatic rings. The molecule has 21 heavy (non-hydrogen) atoms. The summed E-state index contributed by atoms with van der Waals surface area (Å²) in [6, 6.07) is 1.85. The molecule has 0 amide bonds. The Morgan fingerprint density at radius 2 is 2.10 bits per heavy atom. The molecule has 1 atom stereocenters. The van der Waals surface area contributed by atoms with Crippen LogP contribution in [0.25, 0.3) is 0 Å². The Kier molecular flexibility index (Phi) is 5.39. The van der Waals surface area contributed by atoms with Gasteiger partial charge in [-0.3, -0.25) is 15.2 Å². The summed E-state index contributed by atoms with van der Waals surface area (Å²) in [4.78, 5) is 0. The Hall–Kier alpha value is -1.37. The number of halogens is 1. The van der Waals surface area contributed by atoms with Crippen LogP contribution in [0.3, 0.4) is 0 Å². The molecule has 6 nitrogen and oxygen atoms in total. The van der Waals surface area contributed by atoms with Gasteiger partial charge in [0.05, 0.1) is 28.3 Å². The second-order valence-corrected chi connectivity index (χ2v) is 5.34. The topological polar surface area (TPSA) is 73.7 Å². The zero-order chi connectivity index (χ0) is 15.4. The number of nitrogens with one attached hydrogen (secondary N) is 1. The normalized spacial score (nSPS) is 12.8. The third kappa shape index (κ3) is 3.12. The number of aryl methyl sites for hydroxylation is 3. The maximum Gasteiger partial charge on any atom is 0.106 e. The monoisotopic (exact) mass is 310 g/mol. The Labute approximate surface area is 130 Å². The van der Waals surface area contributed by atoms with Crippen molar-refractivity contribution in [3.63, 3.8) is 0 Å². The van der Waals surface area contributed by atoms with E-state index in [0.717, 1.165) is 43.0 Å². The van der Waals surface area contributed by atoms with Gasteiger partial charge in [-0.2, -0.15) is 10.2 Å². The van der Waals surface area contributed by atoms with Crippen molar-refractivity contribution < 1.29 is 0 Å². The average molecular weight is 311 g/mol. The number of aromatic nitrogens is 4. The molecule has 116 valence electrons. The first kappa shape index (κ1) is 16.0. The Morgan fingerprint density at radius 1 is 1.33 bits per heavy atom. The van der Waals surface area contributed by atoms with Gasteiger partial charge < -0.3 is 0 Å². The minimum Gasteiger partial charge on any atom is -0.270 e. The van der Waals surface area contributed by atoms with Crippen LogP contribution in [0.1, 0.15) is 50.3 Å². The molecule has 2 aromatic heterocycles. The Balaban J connectivity index is 2.49. The second kappa shape index (κ2) is 7.06. The molecule has 0 bridgehead atoms. The first-order valence-corrected chi connectivity index (χ1v) is 7.77. The molecule has 2 heterocycles. The van der Waals surface area contributed by atoms with Crippen molar-refractivity contribution in [1.82, 2.24) is 25.0 Å². The third-order valence-electron chi connectivity index (χ3n) is 3.53. The van der Waals surface area contributed by atoms with Gasteiger partial charge in [0.15, 0.2) is 0 Å². The predicted molar refractivity (Wildman–Crippen MR) is 84.0 cm³/mol. The highest BCUT2D eigenvalue weighted by atomic mass is 35.5. The van der Waals surface area contributed by atoms with Gasteiger partial charge in [0.2, 0.25) is 0 Å². The van der Waals surface area contributed by atoms with E-state index < -0.39 is 0 Å². The van der Waals surface area contributed by atoms with Crippen molar-refractivity contribution in [3.05, 3.63) is 34.4 Å². The van der Waals surface area contributed by atoms with Crippen molar-refractivity contribution in [3.8, 4) is 0 Å². The standard InChI is InChI=1S/C14H23ClN6/c1-4-7-21-14(11(15)9-17-21)13(18-16)12-8-10(5-2)19-20(12)6-3/h8-9,13,18H,4-7,16H2,1-3H3. The van der Waals surface area contributed by atoms with Crippen LogP contribution in [0.4, 0.5) is 0 Å². The lowest BCUT2D eigenvalue weighted by atomic mass is 10.1. The molecule has 0 saturated heterocycles. The fourth-order valence-electron chi connectivity index (χ4n) is 2.50. The SMILES string of the molecule is CCCn1ncc(Cl)c1C(NN)c1cc(CC)nn1CC. The highest BCUT2D eigenvalue weighted by molar-refractivity contribution is 6.31. The lowest BCUT2D eigenvalue weighted by Gasteiger charge is -2.19. The van der Waals surface area contributed by atoms with Crippen LogP contribution >= 0.6 is 11.6 Å². The van der Waals surface area contributed by atoms with Gasteiger partial charge in [-0.1, -0.05) is 25.4 Å². The third-order valence-corrected chi connectivity index (χ3v) is 3.82. The summed E-state index contributed by atoms with van der Waals surface area (Å²) in [6.45, 7) is 7.85. The summed E-state index contributed by atoms with van der Waals surface area (Å²) in [5.41, 5.74) is 5.81. The van der Waals surface area contributed by atoms with E-state index in [4.69, 9.17) is 17.4 Å². The maximum atomic E-state index is 6.33. The Bertz CT molecular complexity index is 588. The maximum absolute atomic E-state index is 6.33. The summed E-state index contributed by atoms with van der Waals surface area (Å²) >= 11 is 6.33. The number of hydrogen-bond acceptors (Lipinski definition) is 4. The first-order chi connectivity index (χ1) is 10.2. The van der Waals surface area contributed by atoms with Crippen molar-refractivity contribution in [2.45, 2.75) is 52.7 Å². The molecule has 0 aliphatic rings. The van der Waals surface area contributed by atoms with Gasteiger partial charge in [-0.05, 0) is 25.8 Å². The summed E-state index contributed by atoms with van der Waals surface area (Å²) in [7, 11) is 0. The molecule has 3 N–H and O–H groups in total. The van der Waals surface area contributed by atoms with Crippen molar-refractivity contribution in [2.75, 3.05) is 0 Å². The fourth-order valence-corrected chi connectivity index (χ4v) is 2.75. The predicted octanol–water partition coefficient (Wildman–Crippen LogP) is 2.28. The lowest BCUT2D eigenvalue weighted by molar-refractivity contribution is 0.489. The van der Waals surface area contributed by atoms with Gasteiger partial charge in [0, 0.05) is 13.1 Å². The number of hydrazine groups is 1. The van der Waals surface area contributed by atoms with Crippen LogP contribution in [0.15, 0.2) is 12.3 Å². The zero-order valence-corrected chi connectivity index (χ0v) is 13.6. The molecule has 0 aliphatic carbocycles. The number of rotatable bonds is 7. The van der Waals surface area contributed by atoms with E-state index in [2.05, 4.69) is 42.5 Å². The summed E-state index contributed by atoms with van der Waals surface area (Å²) in [5, 5.41) is 9.54. The van der Waals surface area contributed by atoms with E-state index in [0.29, 0.717) is 5.02 Å². The molecule has 0 saturated carbocycles. The molecule has 0 spiro atoms. The quantitative estimate of drug-likeness (QED) is 0.608. The summed E-state index contributed by atoms with van der Waals surface area (Å²) in [5.74, 6) is 5.81. The van der Waals surface area contributed by atoms with Crippen molar-refractivity contribution in [1.29, 1.82) is 0 Å². The van der Waals surface area contributed by atoms with Crippen LogP contribution in [-0.2, 0) is 19.5 Å². The molecule has 2 rings (SSSR count). The van der Waals surface area contributed by atoms with Crippen molar-refractivity contribution >= 4 is 11.6 Å². The van der Waals surface area contributed by atoms with Gasteiger partial charge in [-0.15, -0.1) is 0 Å². The smallest absolute Gasteiger partial charge is 0.106 e. The largest absolute Gasteiger partial charge is 0.270 e. The first-order valence-electron chi connectivity index (χ1n) is 7.40. The Morgan fingerprint density at radius 3 is 2.67 bits per heavy atom. The fraction of sp³-hybridized carbons (Fsp3) is 0.571. The highest BCUT2D eigenvalue weighted by Gasteiger charge is 2.24. The minimum absolute atomic E-state index is 0.223. The lowest BCUT2D eigenvalue weighted by Crippen LogP contribution is -2.32. The molecule has 0 aromatic carbocycles. The van der Waals surface area contributed by atoms with E-state index in [1.165, 1.54) is 0 Å². The average Bonchev–Trinajstić information content (AvgIpc) is 3.06. The van der Waals surface area contributed by atoms with Crippen LogP contribution < -0.4 is 11.3 Å². The summed E-state index contributed by atoms with van der Waals surface area (Å²) < 4.78 is 3.87. The van der Waals surface area contributed by atoms with Crippen LogP contribution in [0.5, 0.6) is 0 Å². The number of hydrogen-bond donors (Lipinski definition) is 2. The molecule has 1 unspecified atom stereocenters. The van der Waals surface area contributed by atoms with E-state index in [-0.39, 0.29) is 6.04 Å². The molecular weight excluding hydrogens is 288 g/mol. The van der Waals surface area contributed by atoms with E-state index in [1.54, 1.807) is 6.20 Å². The van der Waals surface area contributed by atoms with Crippen LogP contribution in [0.2, 0.25) is 5.02 Å². The minimum atomic E-state index is -0.223. The molecule has 0 fully saturated rings. The molecule has 0 aliphatic heterocycles. The van der Waals surface area contributed by atoms with Crippen LogP contribution in [0, 0.1) is 0 Å². The number of nitrogens with zero attached hydrogens (tertiary/aromatic N) is 4. The molecule has 7 heteroatoms. The van der Waals surface area contributed by atoms with Gasteiger partial charge in [0.25, 0.3) is 0 Å². The number of nitrogens with two attached hydrogens (primary N) is 1. The van der Waals surface area contributed by atoms with Gasteiger partial charge in [0.1, 0.15) is 6.04 Å². The highest BCUT2D eigenvalue weighted by Crippen LogP contribution is 2.28. The molecular formula is C14H23ClN6. The van der Waals surface area contributed by atoms with E-state index in [9.17, 15) is 0 Å². The second-order valence-electron chi connectivity index (χ2n) is 4.93.